The lowest BCUT2D eigenvalue weighted by Crippen LogP contribution is -2.34. The van der Waals surface area contributed by atoms with Gasteiger partial charge in [0.15, 0.2) is 0 Å². The Morgan fingerprint density at radius 1 is 1.43 bits per heavy atom. The summed E-state index contributed by atoms with van der Waals surface area (Å²) in [4.78, 5) is 20.0. The molecule has 2 N–H and O–H groups in total. The number of aromatic amines is 1. The Kier molecular flexibility index (Phi) is 4.50. The minimum Gasteiger partial charge on any atom is -0.352 e. The average Bonchev–Trinajstić information content (AvgIpc) is 3.15. The highest BCUT2D eigenvalue weighted by Crippen LogP contribution is 2.23. The summed E-state index contributed by atoms with van der Waals surface area (Å²) >= 11 is 0. The number of rotatable bonds is 5. The van der Waals surface area contributed by atoms with Gasteiger partial charge in [-0.2, -0.15) is 5.10 Å². The van der Waals surface area contributed by atoms with Gasteiger partial charge in [0.25, 0.3) is 0 Å². The van der Waals surface area contributed by atoms with Crippen LogP contribution in [0.15, 0.2) is 6.33 Å². The molecule has 3 rings (SSSR count). The maximum atomic E-state index is 12.5. The summed E-state index contributed by atoms with van der Waals surface area (Å²) in [6.45, 7) is 4.81. The zero-order valence-corrected chi connectivity index (χ0v) is 14.1. The zero-order valence-electron chi connectivity index (χ0n) is 14.1. The highest BCUT2D eigenvalue weighted by atomic mass is 16.1. The second kappa shape index (κ2) is 6.56. The molecule has 124 valence electrons. The molecule has 0 saturated carbocycles. The molecule has 2 aromatic heterocycles. The van der Waals surface area contributed by atoms with Crippen LogP contribution in [0.1, 0.15) is 48.6 Å². The maximum Gasteiger partial charge on any atom is 0.223 e. The molecule has 0 aromatic carbocycles. The topological polar surface area (TPSA) is 75.6 Å². The first-order chi connectivity index (χ1) is 11.1. The second-order valence-corrected chi connectivity index (χ2v) is 6.19. The van der Waals surface area contributed by atoms with Crippen LogP contribution >= 0.6 is 0 Å². The molecule has 0 fully saturated rings. The van der Waals surface area contributed by atoms with Crippen LogP contribution in [0.5, 0.6) is 0 Å². The fraction of sp³-hybridized carbons (Fsp3) is 0.588. The molecule has 2 heterocycles. The largest absolute Gasteiger partial charge is 0.352 e. The van der Waals surface area contributed by atoms with Gasteiger partial charge in [0.1, 0.15) is 0 Å². The lowest BCUT2D eigenvalue weighted by molar-refractivity contribution is -0.125. The van der Waals surface area contributed by atoms with E-state index in [1.807, 2.05) is 11.7 Å². The molecule has 1 atom stereocenters. The van der Waals surface area contributed by atoms with Crippen LogP contribution in [0.4, 0.5) is 0 Å². The standard InChI is InChI=1S/C17H25N5O/c1-4-13-12(16(5-2)22(3)21-13)9-18-17(23)11-6-7-14-15(8-11)20-10-19-14/h10-11H,4-9H2,1-3H3,(H,18,23)(H,19,20). The van der Waals surface area contributed by atoms with Crippen molar-refractivity contribution in [3.63, 3.8) is 0 Å². The highest BCUT2D eigenvalue weighted by Gasteiger charge is 2.26. The second-order valence-electron chi connectivity index (χ2n) is 6.19. The molecule has 1 amide bonds. The number of aromatic nitrogens is 4. The molecule has 1 aliphatic carbocycles. The molecular formula is C17H25N5O. The summed E-state index contributed by atoms with van der Waals surface area (Å²) < 4.78 is 1.94. The van der Waals surface area contributed by atoms with E-state index in [1.54, 1.807) is 6.33 Å². The van der Waals surface area contributed by atoms with E-state index in [9.17, 15) is 4.79 Å². The molecule has 0 radical (unpaired) electrons. The first kappa shape index (κ1) is 15.8. The van der Waals surface area contributed by atoms with Crippen molar-refractivity contribution in [3.8, 4) is 0 Å². The van der Waals surface area contributed by atoms with E-state index in [4.69, 9.17) is 0 Å². The number of hydrogen-bond donors (Lipinski definition) is 2. The van der Waals surface area contributed by atoms with E-state index in [1.165, 1.54) is 11.3 Å². The van der Waals surface area contributed by atoms with Crippen LogP contribution in [0.25, 0.3) is 0 Å². The van der Waals surface area contributed by atoms with Gasteiger partial charge in [0.05, 0.1) is 17.7 Å². The Labute approximate surface area is 136 Å². The number of carbonyl (C=O) groups is 1. The van der Waals surface area contributed by atoms with Crippen LogP contribution in [-0.4, -0.2) is 25.7 Å². The molecule has 1 aliphatic rings. The number of imidazole rings is 1. The van der Waals surface area contributed by atoms with Gasteiger partial charge in [-0.1, -0.05) is 13.8 Å². The molecular weight excluding hydrogens is 290 g/mol. The van der Waals surface area contributed by atoms with E-state index >= 15 is 0 Å². The third-order valence-electron chi connectivity index (χ3n) is 4.83. The van der Waals surface area contributed by atoms with Crippen molar-refractivity contribution in [2.24, 2.45) is 13.0 Å². The van der Waals surface area contributed by atoms with E-state index < -0.39 is 0 Å². The van der Waals surface area contributed by atoms with Crippen molar-refractivity contribution in [3.05, 3.63) is 34.7 Å². The predicted molar refractivity (Wildman–Crippen MR) is 87.9 cm³/mol. The highest BCUT2D eigenvalue weighted by molar-refractivity contribution is 5.79. The van der Waals surface area contributed by atoms with Crippen molar-refractivity contribution >= 4 is 5.91 Å². The average molecular weight is 315 g/mol. The summed E-state index contributed by atoms with van der Waals surface area (Å²) in [6.07, 6.45) is 6.05. The van der Waals surface area contributed by atoms with Crippen LogP contribution in [0, 0.1) is 5.92 Å². The van der Waals surface area contributed by atoms with Crippen molar-refractivity contribution in [1.82, 2.24) is 25.1 Å². The van der Waals surface area contributed by atoms with Crippen molar-refractivity contribution in [2.75, 3.05) is 0 Å². The summed E-state index contributed by atoms with van der Waals surface area (Å²) in [7, 11) is 1.98. The third kappa shape index (κ3) is 3.02. The number of hydrogen-bond acceptors (Lipinski definition) is 3. The molecule has 23 heavy (non-hydrogen) atoms. The number of nitrogens with zero attached hydrogens (tertiary/aromatic N) is 3. The Hall–Kier alpha value is -2.11. The Morgan fingerprint density at radius 2 is 2.26 bits per heavy atom. The molecule has 1 unspecified atom stereocenters. The zero-order chi connectivity index (χ0) is 16.4. The number of fused-ring (bicyclic) bond motifs is 1. The van der Waals surface area contributed by atoms with E-state index in [-0.39, 0.29) is 11.8 Å². The van der Waals surface area contributed by atoms with Gasteiger partial charge in [0, 0.05) is 42.9 Å². The van der Waals surface area contributed by atoms with Crippen molar-refractivity contribution in [2.45, 2.75) is 52.5 Å². The van der Waals surface area contributed by atoms with Crippen LogP contribution in [-0.2, 0) is 44.1 Å². The summed E-state index contributed by atoms with van der Waals surface area (Å²) in [6, 6.07) is 0. The van der Waals surface area contributed by atoms with Gasteiger partial charge in [-0.15, -0.1) is 0 Å². The number of nitrogens with one attached hydrogen (secondary N) is 2. The van der Waals surface area contributed by atoms with Gasteiger partial charge in [-0.25, -0.2) is 4.98 Å². The van der Waals surface area contributed by atoms with Crippen LogP contribution in [0.2, 0.25) is 0 Å². The quantitative estimate of drug-likeness (QED) is 0.881. The predicted octanol–water partition coefficient (Wildman–Crippen LogP) is 1.69. The van der Waals surface area contributed by atoms with Gasteiger partial charge in [-0.3, -0.25) is 9.48 Å². The number of carbonyl (C=O) groups excluding carboxylic acids is 1. The fourth-order valence-corrected chi connectivity index (χ4v) is 3.54. The minimum absolute atomic E-state index is 0.0368. The van der Waals surface area contributed by atoms with Crippen molar-refractivity contribution < 1.29 is 4.79 Å². The van der Waals surface area contributed by atoms with Crippen LogP contribution in [0.3, 0.4) is 0 Å². The SMILES string of the molecule is CCc1nn(C)c(CC)c1CNC(=O)C1CCc2nc[nH]c2C1. The number of aryl methyl sites for hydroxylation is 3. The molecule has 6 heteroatoms. The Morgan fingerprint density at radius 3 is 3.00 bits per heavy atom. The van der Waals surface area contributed by atoms with Gasteiger partial charge in [0.2, 0.25) is 5.91 Å². The van der Waals surface area contributed by atoms with Gasteiger partial charge in [-0.05, 0) is 25.7 Å². The molecule has 0 bridgehead atoms. The van der Waals surface area contributed by atoms with Crippen molar-refractivity contribution in [1.29, 1.82) is 0 Å². The number of amides is 1. The normalized spacial score (nSPS) is 17.1. The first-order valence-electron chi connectivity index (χ1n) is 8.46. The third-order valence-corrected chi connectivity index (χ3v) is 4.83. The monoisotopic (exact) mass is 315 g/mol. The number of H-pyrrole nitrogens is 1. The molecule has 0 aliphatic heterocycles. The fourth-order valence-electron chi connectivity index (χ4n) is 3.54. The minimum atomic E-state index is 0.0368. The smallest absolute Gasteiger partial charge is 0.223 e. The Bertz CT molecular complexity index is 700. The summed E-state index contributed by atoms with van der Waals surface area (Å²) in [5.41, 5.74) is 5.71. The molecule has 2 aromatic rings. The van der Waals surface area contributed by atoms with Crippen LogP contribution < -0.4 is 5.32 Å². The van der Waals surface area contributed by atoms with Gasteiger partial charge >= 0.3 is 0 Å². The lowest BCUT2D eigenvalue weighted by atomic mass is 9.89. The maximum absolute atomic E-state index is 12.5. The summed E-state index contributed by atoms with van der Waals surface area (Å²) in [5.74, 6) is 0.174. The van der Waals surface area contributed by atoms with E-state index in [0.717, 1.165) is 49.2 Å². The first-order valence-corrected chi connectivity index (χ1v) is 8.46. The summed E-state index contributed by atoms with van der Waals surface area (Å²) in [5, 5.41) is 7.69. The Balaban J connectivity index is 1.66. The van der Waals surface area contributed by atoms with E-state index in [2.05, 4.69) is 34.2 Å². The molecule has 6 nitrogen and oxygen atoms in total. The van der Waals surface area contributed by atoms with Gasteiger partial charge < -0.3 is 10.3 Å². The molecule has 0 saturated heterocycles. The lowest BCUT2D eigenvalue weighted by Gasteiger charge is -2.20. The molecule has 0 spiro atoms. The van der Waals surface area contributed by atoms with E-state index in [0.29, 0.717) is 6.54 Å².